The van der Waals surface area contributed by atoms with Gasteiger partial charge in [0.1, 0.15) is 12.4 Å². The molecule has 1 N–H and O–H groups in total. The van der Waals surface area contributed by atoms with Gasteiger partial charge in [0.25, 0.3) is 0 Å². The van der Waals surface area contributed by atoms with Gasteiger partial charge in [-0.3, -0.25) is 4.79 Å². The van der Waals surface area contributed by atoms with E-state index in [1.807, 2.05) is 20.2 Å². The lowest BCUT2D eigenvalue weighted by Crippen LogP contribution is -2.57. The summed E-state index contributed by atoms with van der Waals surface area (Å²) >= 11 is 0. The zero-order valence-corrected chi connectivity index (χ0v) is 21.1. The van der Waals surface area contributed by atoms with Gasteiger partial charge < -0.3 is 14.8 Å². The second-order valence-corrected chi connectivity index (χ2v) is 11.4. The summed E-state index contributed by atoms with van der Waals surface area (Å²) in [7, 11) is 4.02. The molecule has 0 aromatic carbocycles. The summed E-state index contributed by atoms with van der Waals surface area (Å²) in [6.45, 7) is 8.28. The quantitative estimate of drug-likeness (QED) is 0.305. The molecule has 3 rings (SSSR count). The molecule has 7 atom stereocenters. The number of Topliss-reactive ketones (excluding diaryl/α,β-unsaturated/α-hetero) is 1. The fourth-order valence-corrected chi connectivity index (χ4v) is 7.30. The molecule has 0 aromatic heterocycles. The van der Waals surface area contributed by atoms with Gasteiger partial charge in [-0.25, -0.2) is 0 Å². The lowest BCUT2D eigenvalue weighted by molar-refractivity contribution is -0.160. The zero-order chi connectivity index (χ0) is 23.4. The van der Waals surface area contributed by atoms with Crippen molar-refractivity contribution < 1.29 is 14.7 Å². The second kappa shape index (κ2) is 10.8. The van der Waals surface area contributed by atoms with Crippen LogP contribution in [0, 0.1) is 34.5 Å². The maximum atomic E-state index is 13.5. The highest BCUT2D eigenvalue weighted by Crippen LogP contribution is 2.62. The zero-order valence-electron chi connectivity index (χ0n) is 21.1. The Labute approximate surface area is 195 Å². The number of hydrogen-bond donors (Lipinski definition) is 1. The number of rotatable bonds is 9. The number of hydrogen-bond acceptors (Lipinski definition) is 5. The molecule has 0 radical (unpaired) electrons. The van der Waals surface area contributed by atoms with Gasteiger partial charge in [-0.15, -0.1) is 0 Å². The topological polar surface area (TPSA) is 62.1 Å². The Morgan fingerprint density at radius 3 is 2.66 bits per heavy atom. The third kappa shape index (κ3) is 5.30. The van der Waals surface area contributed by atoms with Gasteiger partial charge in [0, 0.05) is 17.9 Å². The minimum Gasteiger partial charge on any atom is -0.394 e. The van der Waals surface area contributed by atoms with Crippen LogP contribution in [0.2, 0.25) is 0 Å². The van der Waals surface area contributed by atoms with Gasteiger partial charge in [-0.05, 0) is 94.7 Å². The number of nitrogens with zero attached hydrogens (tertiary/aromatic N) is 2. The van der Waals surface area contributed by atoms with Crippen LogP contribution in [0.5, 0.6) is 0 Å². The lowest BCUT2D eigenvalue weighted by atomic mass is 9.44. The third-order valence-corrected chi connectivity index (χ3v) is 9.09. The van der Waals surface area contributed by atoms with E-state index in [2.05, 4.69) is 36.9 Å². The maximum absolute atomic E-state index is 13.5. The van der Waals surface area contributed by atoms with E-state index >= 15 is 0 Å². The number of likely N-dealkylation sites (N-methyl/N-ethyl adjacent to an activating group) is 1. The van der Waals surface area contributed by atoms with Crippen LogP contribution >= 0.6 is 0 Å². The Morgan fingerprint density at radius 1 is 1.16 bits per heavy atom. The molecule has 0 heterocycles. The second-order valence-electron chi connectivity index (χ2n) is 11.4. The predicted molar refractivity (Wildman–Crippen MR) is 131 cm³/mol. The Hall–Kier alpha value is -1.20. The molecule has 3 aliphatic carbocycles. The molecule has 0 saturated heterocycles. The molecule has 0 spiro atoms. The van der Waals surface area contributed by atoms with E-state index in [0.29, 0.717) is 24.2 Å². The number of allylic oxidation sites excluding steroid dienone is 2. The highest BCUT2D eigenvalue weighted by Gasteiger charge is 2.58. The number of carbonyl (C=O) groups excluding carboxylic acids is 1. The highest BCUT2D eigenvalue weighted by atomic mass is 16.6. The Morgan fingerprint density at radius 2 is 1.94 bits per heavy atom. The first-order valence-corrected chi connectivity index (χ1v) is 12.9. The van der Waals surface area contributed by atoms with E-state index in [9.17, 15) is 9.90 Å². The van der Waals surface area contributed by atoms with Gasteiger partial charge in [0.15, 0.2) is 0 Å². The molecule has 5 nitrogen and oxygen atoms in total. The van der Waals surface area contributed by atoms with E-state index in [0.717, 1.165) is 57.9 Å². The maximum Gasteiger partial charge on any atom is 0.142 e. The molecule has 0 aliphatic heterocycles. The van der Waals surface area contributed by atoms with Crippen molar-refractivity contribution in [2.24, 2.45) is 39.7 Å². The molecular formula is C27H46N2O3. The first-order chi connectivity index (χ1) is 15.2. The summed E-state index contributed by atoms with van der Waals surface area (Å²) < 4.78 is 0. The molecule has 5 heteroatoms. The van der Waals surface area contributed by atoms with Crippen LogP contribution in [0.4, 0.5) is 0 Å². The molecule has 0 aromatic rings. The van der Waals surface area contributed by atoms with Gasteiger partial charge >= 0.3 is 0 Å². The summed E-state index contributed by atoms with van der Waals surface area (Å²) in [6.07, 6.45) is 14.7. The van der Waals surface area contributed by atoms with Crippen LogP contribution < -0.4 is 0 Å². The summed E-state index contributed by atoms with van der Waals surface area (Å²) in [6, 6.07) is 0. The van der Waals surface area contributed by atoms with Crippen molar-refractivity contribution in [3.05, 3.63) is 12.2 Å². The van der Waals surface area contributed by atoms with Crippen molar-refractivity contribution in [2.75, 3.05) is 27.2 Å². The normalized spacial score (nSPS) is 40.1. The lowest BCUT2D eigenvalue weighted by Gasteiger charge is -2.60. The number of fused-ring (bicyclic) bond motifs is 3. The van der Waals surface area contributed by atoms with Gasteiger partial charge in [0.2, 0.25) is 0 Å². The van der Waals surface area contributed by atoms with Crippen molar-refractivity contribution in [3.8, 4) is 0 Å². The van der Waals surface area contributed by atoms with Gasteiger partial charge in [-0.2, -0.15) is 0 Å². The molecule has 0 bridgehead atoms. The fraction of sp³-hybridized carbons (Fsp3) is 0.852. The van der Waals surface area contributed by atoms with Crippen molar-refractivity contribution >= 4 is 12.0 Å². The predicted octanol–water partition coefficient (Wildman–Crippen LogP) is 5.09. The minimum atomic E-state index is -0.243. The summed E-state index contributed by atoms with van der Waals surface area (Å²) in [5.41, 5.74) is 0.0661. The first-order valence-electron chi connectivity index (χ1n) is 12.9. The number of ketones is 1. The minimum absolute atomic E-state index is 0.108. The van der Waals surface area contributed by atoms with Crippen LogP contribution in [-0.4, -0.2) is 55.4 Å². The van der Waals surface area contributed by atoms with Gasteiger partial charge in [-0.1, -0.05) is 38.4 Å². The largest absolute Gasteiger partial charge is 0.394 e. The number of oxime groups is 1. The van der Waals surface area contributed by atoms with Crippen molar-refractivity contribution in [2.45, 2.75) is 84.7 Å². The number of carbonyl (C=O) groups is 1. The fourth-order valence-electron chi connectivity index (χ4n) is 7.30. The van der Waals surface area contributed by atoms with Crippen molar-refractivity contribution in [3.63, 3.8) is 0 Å². The Bertz CT molecular complexity index is 690. The van der Waals surface area contributed by atoms with E-state index in [-0.39, 0.29) is 28.8 Å². The summed E-state index contributed by atoms with van der Waals surface area (Å²) in [4.78, 5) is 20.8. The van der Waals surface area contributed by atoms with Gasteiger partial charge in [0.05, 0.1) is 12.3 Å². The highest BCUT2D eigenvalue weighted by molar-refractivity contribution is 5.88. The van der Waals surface area contributed by atoms with Crippen molar-refractivity contribution in [1.82, 2.24) is 4.90 Å². The van der Waals surface area contributed by atoms with Crippen LogP contribution in [0.15, 0.2) is 17.3 Å². The Balaban J connectivity index is 1.63. The monoisotopic (exact) mass is 446 g/mol. The Kier molecular flexibility index (Phi) is 8.59. The van der Waals surface area contributed by atoms with E-state index in [1.165, 1.54) is 6.42 Å². The van der Waals surface area contributed by atoms with E-state index in [4.69, 9.17) is 4.84 Å². The standard InChI is InChI=1S/C27H46N2O3/c1-6-14-26(2)15-12-23-21(25(26)31)10-11-22-20(24(30)13-16-27(22,23)3)9-7-8-17-28-32-19-18-29(4)5/h7-8,17,20-24,30H,6,9-16,18-19H2,1-5H3/b8-7+,28-17-/t20?,21-,22-,23+,24+,26+,27+/m1/s1. The molecule has 3 fully saturated rings. The third-order valence-electron chi connectivity index (χ3n) is 9.09. The smallest absolute Gasteiger partial charge is 0.142 e. The van der Waals surface area contributed by atoms with Crippen LogP contribution in [0.25, 0.3) is 0 Å². The molecule has 3 aliphatic rings. The number of aliphatic hydroxyl groups is 1. The van der Waals surface area contributed by atoms with E-state index < -0.39 is 0 Å². The SMILES string of the molecule is CCC[C@@]1(C)CC[C@H]2[C@@H](CC[C@@H]3C(C/C=C/C=N\OCCN(C)C)[C@@H](O)CC[C@@]32C)C1=O. The molecule has 1 unspecified atom stereocenters. The molecular weight excluding hydrogens is 400 g/mol. The van der Waals surface area contributed by atoms with Crippen LogP contribution in [0.3, 0.4) is 0 Å². The summed E-state index contributed by atoms with van der Waals surface area (Å²) in [5.74, 6) is 2.04. The average molecular weight is 447 g/mol. The molecule has 32 heavy (non-hydrogen) atoms. The number of aliphatic hydroxyl groups excluding tert-OH is 1. The molecule has 3 saturated carbocycles. The van der Waals surface area contributed by atoms with E-state index in [1.54, 1.807) is 6.21 Å². The van der Waals surface area contributed by atoms with Crippen molar-refractivity contribution in [1.29, 1.82) is 0 Å². The van der Waals surface area contributed by atoms with Crippen LogP contribution in [0.1, 0.15) is 78.6 Å². The molecule has 0 amide bonds. The van der Waals surface area contributed by atoms with Crippen LogP contribution in [-0.2, 0) is 9.63 Å². The first kappa shape index (κ1) is 25.4. The molecule has 182 valence electrons. The summed E-state index contributed by atoms with van der Waals surface area (Å²) in [5, 5.41) is 14.9. The average Bonchev–Trinajstić information content (AvgIpc) is 2.74.